The van der Waals surface area contributed by atoms with E-state index in [1.165, 1.54) is 0 Å². The second-order valence-electron chi connectivity index (χ2n) is 3.51. The van der Waals surface area contributed by atoms with Crippen molar-refractivity contribution in [1.82, 2.24) is 15.5 Å². The molecule has 1 aromatic heterocycles. The van der Waals surface area contributed by atoms with Gasteiger partial charge in [-0.15, -0.1) is 5.10 Å². The third kappa shape index (κ3) is 4.95. The number of nitrogens with zero attached hydrogens (tertiary/aromatic N) is 2. The van der Waals surface area contributed by atoms with E-state index in [-0.39, 0.29) is 11.9 Å². The Morgan fingerprint density at radius 3 is 2.93 bits per heavy atom. The zero-order valence-electron chi connectivity index (χ0n) is 9.03. The van der Waals surface area contributed by atoms with Crippen molar-refractivity contribution in [2.75, 3.05) is 11.9 Å². The van der Waals surface area contributed by atoms with Crippen LogP contribution in [-0.2, 0) is 4.79 Å². The van der Waals surface area contributed by atoms with Crippen molar-refractivity contribution < 1.29 is 4.79 Å². The van der Waals surface area contributed by atoms with Gasteiger partial charge in [0.05, 0.1) is 0 Å². The maximum Gasteiger partial charge on any atom is 0.221 e. The maximum absolute atomic E-state index is 11.3. The highest BCUT2D eigenvalue weighted by atomic mass is 16.1. The summed E-state index contributed by atoms with van der Waals surface area (Å²) in [6, 6.07) is 3.80. The van der Waals surface area contributed by atoms with Gasteiger partial charge in [-0.05, 0) is 26.0 Å². The molecule has 82 valence electrons. The van der Waals surface area contributed by atoms with Crippen molar-refractivity contribution >= 4 is 11.7 Å². The molecule has 2 N–H and O–H groups in total. The Morgan fingerprint density at radius 1 is 1.53 bits per heavy atom. The van der Waals surface area contributed by atoms with Crippen molar-refractivity contribution in [3.8, 4) is 0 Å². The number of rotatable bonds is 5. The van der Waals surface area contributed by atoms with E-state index in [0.717, 1.165) is 0 Å². The summed E-state index contributed by atoms with van der Waals surface area (Å²) in [7, 11) is 0. The summed E-state index contributed by atoms with van der Waals surface area (Å²) in [5, 5.41) is 13.4. The molecule has 1 rings (SSSR count). The van der Waals surface area contributed by atoms with Crippen molar-refractivity contribution in [2.45, 2.75) is 26.3 Å². The van der Waals surface area contributed by atoms with Gasteiger partial charge in [0.2, 0.25) is 5.91 Å². The molecule has 0 saturated carbocycles. The Morgan fingerprint density at radius 2 is 2.33 bits per heavy atom. The fourth-order valence-corrected chi connectivity index (χ4v) is 1.09. The van der Waals surface area contributed by atoms with E-state index in [0.29, 0.717) is 18.8 Å². The molecule has 0 aliphatic carbocycles. The van der Waals surface area contributed by atoms with Crippen LogP contribution in [0.4, 0.5) is 5.82 Å². The monoisotopic (exact) mass is 208 g/mol. The second kappa shape index (κ2) is 5.95. The maximum atomic E-state index is 11.3. The van der Waals surface area contributed by atoms with Crippen LogP contribution in [0.5, 0.6) is 0 Å². The minimum absolute atomic E-state index is 0.0430. The molecule has 5 nitrogen and oxygen atoms in total. The van der Waals surface area contributed by atoms with Crippen molar-refractivity contribution in [3.63, 3.8) is 0 Å². The number of amides is 1. The number of nitrogens with one attached hydrogen (secondary N) is 2. The van der Waals surface area contributed by atoms with Crippen LogP contribution in [0.15, 0.2) is 18.3 Å². The smallest absolute Gasteiger partial charge is 0.221 e. The van der Waals surface area contributed by atoms with Gasteiger partial charge in [-0.25, -0.2) is 0 Å². The molecule has 0 aliphatic heterocycles. The van der Waals surface area contributed by atoms with Gasteiger partial charge in [-0.2, -0.15) is 5.10 Å². The molecule has 0 atom stereocenters. The van der Waals surface area contributed by atoms with E-state index in [9.17, 15) is 4.79 Å². The first-order valence-corrected chi connectivity index (χ1v) is 4.99. The fourth-order valence-electron chi connectivity index (χ4n) is 1.09. The van der Waals surface area contributed by atoms with E-state index in [1.54, 1.807) is 12.3 Å². The molecular formula is C10H16N4O. The predicted octanol–water partition coefficient (Wildman–Crippen LogP) is 0.803. The highest BCUT2D eigenvalue weighted by Crippen LogP contribution is 1.97. The minimum atomic E-state index is 0.0430. The average molecular weight is 208 g/mol. The lowest BCUT2D eigenvalue weighted by molar-refractivity contribution is -0.121. The van der Waals surface area contributed by atoms with Crippen LogP contribution in [-0.4, -0.2) is 28.7 Å². The molecule has 0 spiro atoms. The molecule has 15 heavy (non-hydrogen) atoms. The van der Waals surface area contributed by atoms with Crippen molar-refractivity contribution in [3.05, 3.63) is 18.3 Å². The van der Waals surface area contributed by atoms with Gasteiger partial charge in [0.1, 0.15) is 5.82 Å². The lowest BCUT2D eigenvalue weighted by Crippen LogP contribution is -2.31. The SMILES string of the molecule is CC(C)NC(=O)CCNc1cccnn1. The molecule has 0 fully saturated rings. The Bertz CT molecular complexity index is 300. The van der Waals surface area contributed by atoms with Gasteiger partial charge < -0.3 is 10.6 Å². The molecular weight excluding hydrogens is 192 g/mol. The zero-order chi connectivity index (χ0) is 11.1. The summed E-state index contributed by atoms with van der Waals surface area (Å²) < 4.78 is 0. The number of hydrogen-bond acceptors (Lipinski definition) is 4. The van der Waals surface area contributed by atoms with Crippen LogP contribution in [0.1, 0.15) is 20.3 Å². The van der Waals surface area contributed by atoms with Crippen molar-refractivity contribution in [1.29, 1.82) is 0 Å². The highest BCUT2D eigenvalue weighted by molar-refractivity contribution is 5.76. The molecule has 5 heteroatoms. The summed E-state index contributed by atoms with van der Waals surface area (Å²) in [5.41, 5.74) is 0. The first-order valence-electron chi connectivity index (χ1n) is 4.99. The number of aromatic nitrogens is 2. The fraction of sp³-hybridized carbons (Fsp3) is 0.500. The normalized spacial score (nSPS) is 10.1. The first-order chi connectivity index (χ1) is 7.18. The van der Waals surface area contributed by atoms with Gasteiger partial charge in [-0.3, -0.25) is 4.79 Å². The summed E-state index contributed by atoms with van der Waals surface area (Å²) in [6.45, 7) is 4.44. The summed E-state index contributed by atoms with van der Waals surface area (Å²) >= 11 is 0. The highest BCUT2D eigenvalue weighted by Gasteiger charge is 2.02. The van der Waals surface area contributed by atoms with E-state index >= 15 is 0 Å². The first kappa shape index (κ1) is 11.4. The van der Waals surface area contributed by atoms with E-state index < -0.39 is 0 Å². The summed E-state index contributed by atoms with van der Waals surface area (Å²) in [5.74, 6) is 0.733. The number of hydrogen-bond donors (Lipinski definition) is 2. The van der Waals surface area contributed by atoms with Gasteiger partial charge in [0.25, 0.3) is 0 Å². The Kier molecular flexibility index (Phi) is 4.53. The largest absolute Gasteiger partial charge is 0.368 e. The molecule has 0 radical (unpaired) electrons. The van der Waals surface area contributed by atoms with E-state index in [1.807, 2.05) is 19.9 Å². The Hall–Kier alpha value is -1.65. The molecule has 1 aromatic rings. The Labute approximate surface area is 89.3 Å². The number of carbonyl (C=O) groups excluding carboxylic acids is 1. The van der Waals surface area contributed by atoms with Crippen LogP contribution < -0.4 is 10.6 Å². The third-order valence-electron chi connectivity index (χ3n) is 1.68. The van der Waals surface area contributed by atoms with Gasteiger partial charge >= 0.3 is 0 Å². The molecule has 0 unspecified atom stereocenters. The van der Waals surface area contributed by atoms with Gasteiger partial charge in [0.15, 0.2) is 0 Å². The van der Waals surface area contributed by atoms with E-state index in [4.69, 9.17) is 0 Å². The van der Waals surface area contributed by atoms with Crippen molar-refractivity contribution in [2.24, 2.45) is 0 Å². The van der Waals surface area contributed by atoms with Crippen LogP contribution in [0.2, 0.25) is 0 Å². The lowest BCUT2D eigenvalue weighted by Gasteiger charge is -2.08. The summed E-state index contributed by atoms with van der Waals surface area (Å²) in [4.78, 5) is 11.3. The number of carbonyl (C=O) groups is 1. The molecule has 0 saturated heterocycles. The summed E-state index contributed by atoms with van der Waals surface area (Å²) in [6.07, 6.45) is 2.05. The zero-order valence-corrected chi connectivity index (χ0v) is 9.03. The molecule has 1 heterocycles. The lowest BCUT2D eigenvalue weighted by atomic mass is 10.3. The van der Waals surface area contributed by atoms with Crippen LogP contribution in [0, 0.1) is 0 Å². The minimum Gasteiger partial charge on any atom is -0.368 e. The van der Waals surface area contributed by atoms with Crippen LogP contribution in [0.25, 0.3) is 0 Å². The molecule has 0 bridgehead atoms. The third-order valence-corrected chi connectivity index (χ3v) is 1.68. The average Bonchev–Trinajstić information content (AvgIpc) is 2.18. The quantitative estimate of drug-likeness (QED) is 0.751. The molecule has 0 aliphatic rings. The van der Waals surface area contributed by atoms with Gasteiger partial charge in [0, 0.05) is 25.2 Å². The topological polar surface area (TPSA) is 66.9 Å². The Balaban J connectivity index is 2.19. The molecule has 0 aromatic carbocycles. The van der Waals surface area contributed by atoms with E-state index in [2.05, 4.69) is 20.8 Å². The standard InChI is InChI=1S/C10H16N4O/c1-8(2)13-10(15)5-7-11-9-4-3-6-12-14-9/h3-4,6,8H,5,7H2,1-2H3,(H,11,14)(H,13,15). The second-order valence-corrected chi connectivity index (χ2v) is 3.51. The predicted molar refractivity (Wildman–Crippen MR) is 58.4 cm³/mol. The molecule has 1 amide bonds. The van der Waals surface area contributed by atoms with Gasteiger partial charge in [-0.1, -0.05) is 0 Å². The van der Waals surface area contributed by atoms with Crippen LogP contribution >= 0.6 is 0 Å². The number of anilines is 1. The van der Waals surface area contributed by atoms with Crippen LogP contribution in [0.3, 0.4) is 0 Å².